The van der Waals surface area contributed by atoms with Crippen LogP contribution in [0.25, 0.3) is 0 Å². The Morgan fingerprint density at radius 2 is 2.29 bits per heavy atom. The van der Waals surface area contributed by atoms with E-state index in [2.05, 4.69) is 30.5 Å². The van der Waals surface area contributed by atoms with Crippen LogP contribution in [-0.4, -0.2) is 17.0 Å². The molecule has 0 radical (unpaired) electrons. The first kappa shape index (κ1) is 12.0. The first-order chi connectivity index (χ1) is 6.65. The highest BCUT2D eigenvalue weighted by Gasteiger charge is 2.11. The van der Waals surface area contributed by atoms with Gasteiger partial charge in [-0.1, -0.05) is 13.8 Å². The first-order valence-corrected chi connectivity index (χ1v) is 7.12. The van der Waals surface area contributed by atoms with Crippen molar-refractivity contribution >= 4 is 23.1 Å². The lowest BCUT2D eigenvalue weighted by molar-refractivity contribution is 0.679. The first-order valence-electron chi connectivity index (χ1n) is 4.85. The molecule has 1 heterocycles. The average molecular weight is 230 g/mol. The molecule has 0 saturated carbocycles. The fourth-order valence-electron chi connectivity index (χ4n) is 1.13. The van der Waals surface area contributed by atoms with Gasteiger partial charge in [-0.05, 0) is 18.4 Å². The average Bonchev–Trinajstić information content (AvgIpc) is 2.62. The molecule has 0 spiro atoms. The van der Waals surface area contributed by atoms with E-state index in [1.807, 2.05) is 11.8 Å². The smallest absolute Gasteiger partial charge is 0.0954 e. The summed E-state index contributed by atoms with van der Waals surface area (Å²) in [6, 6.07) is 0.117. The Bertz CT molecular complexity index is 271. The Hall–Kier alpha value is -0.0600. The number of thiazole rings is 1. The lowest BCUT2D eigenvalue weighted by atomic mass is 10.2. The van der Waals surface area contributed by atoms with Crippen molar-refractivity contribution in [2.45, 2.75) is 32.2 Å². The van der Waals surface area contributed by atoms with Crippen molar-refractivity contribution in [1.29, 1.82) is 0 Å². The molecule has 1 aromatic rings. The van der Waals surface area contributed by atoms with E-state index >= 15 is 0 Å². The maximum Gasteiger partial charge on any atom is 0.0954 e. The largest absolute Gasteiger partial charge is 0.323 e. The fourth-order valence-corrected chi connectivity index (χ4v) is 2.52. The van der Waals surface area contributed by atoms with Gasteiger partial charge in [-0.3, -0.25) is 0 Å². The molecule has 2 N–H and O–H groups in total. The van der Waals surface area contributed by atoms with E-state index in [9.17, 15) is 0 Å². The highest BCUT2D eigenvalue weighted by atomic mass is 32.2. The summed E-state index contributed by atoms with van der Waals surface area (Å²) in [5.41, 5.74) is 7.09. The summed E-state index contributed by atoms with van der Waals surface area (Å²) in [4.78, 5) is 4.55. The summed E-state index contributed by atoms with van der Waals surface area (Å²) >= 11 is 3.55. The number of thioether (sulfide) groups is 1. The van der Waals surface area contributed by atoms with E-state index in [4.69, 9.17) is 5.73 Å². The zero-order chi connectivity index (χ0) is 10.6. The van der Waals surface area contributed by atoms with E-state index in [1.165, 1.54) is 5.01 Å². The number of nitrogens with two attached hydrogens (primary N) is 1. The van der Waals surface area contributed by atoms with Crippen LogP contribution < -0.4 is 5.73 Å². The Morgan fingerprint density at radius 1 is 1.57 bits per heavy atom. The predicted molar refractivity (Wildman–Crippen MR) is 66.1 cm³/mol. The van der Waals surface area contributed by atoms with E-state index in [1.54, 1.807) is 11.3 Å². The van der Waals surface area contributed by atoms with Crippen molar-refractivity contribution in [2.24, 2.45) is 5.73 Å². The molecule has 0 aliphatic heterocycles. The van der Waals surface area contributed by atoms with E-state index < -0.39 is 0 Å². The highest BCUT2D eigenvalue weighted by molar-refractivity contribution is 7.98. The molecule has 1 aromatic heterocycles. The maximum atomic E-state index is 6.03. The molecule has 80 valence electrons. The fraction of sp³-hybridized carbons (Fsp3) is 0.700. The van der Waals surface area contributed by atoms with Gasteiger partial charge in [0.05, 0.1) is 10.7 Å². The molecule has 4 heteroatoms. The zero-order valence-electron chi connectivity index (χ0n) is 8.99. The van der Waals surface area contributed by atoms with E-state index in [-0.39, 0.29) is 6.04 Å². The molecule has 0 aliphatic rings. The van der Waals surface area contributed by atoms with Crippen molar-refractivity contribution in [2.75, 3.05) is 12.0 Å². The van der Waals surface area contributed by atoms with Gasteiger partial charge in [-0.15, -0.1) is 11.3 Å². The van der Waals surface area contributed by atoms with Crippen molar-refractivity contribution in [3.05, 3.63) is 16.1 Å². The standard InChI is InChI=1S/C10H18N2S2/c1-7(2)10-12-9(6-14-10)8(11)4-5-13-3/h6-8H,4-5,11H2,1-3H3. The van der Waals surface area contributed by atoms with Crippen LogP contribution in [0.4, 0.5) is 0 Å². The van der Waals surface area contributed by atoms with Crippen molar-refractivity contribution in [1.82, 2.24) is 4.98 Å². The molecule has 0 aromatic carbocycles. The summed E-state index contributed by atoms with van der Waals surface area (Å²) in [6.45, 7) is 4.33. The minimum Gasteiger partial charge on any atom is -0.323 e. The molecule has 0 saturated heterocycles. The molecule has 1 atom stereocenters. The zero-order valence-corrected chi connectivity index (χ0v) is 10.6. The molecule has 1 unspecified atom stereocenters. The Labute approximate surface area is 94.3 Å². The third-order valence-corrected chi connectivity index (χ3v) is 3.85. The summed E-state index contributed by atoms with van der Waals surface area (Å²) < 4.78 is 0. The molecule has 0 bridgehead atoms. The van der Waals surface area contributed by atoms with Gasteiger partial charge in [0.1, 0.15) is 0 Å². The van der Waals surface area contributed by atoms with Crippen molar-refractivity contribution < 1.29 is 0 Å². The molecule has 0 aliphatic carbocycles. The van der Waals surface area contributed by atoms with Gasteiger partial charge >= 0.3 is 0 Å². The Kier molecular flexibility index (Phi) is 4.92. The minimum atomic E-state index is 0.117. The summed E-state index contributed by atoms with van der Waals surface area (Å²) in [6.07, 6.45) is 3.12. The third-order valence-electron chi connectivity index (χ3n) is 2.05. The summed E-state index contributed by atoms with van der Waals surface area (Å²) in [5, 5.41) is 3.29. The van der Waals surface area contributed by atoms with Gasteiger partial charge in [0.2, 0.25) is 0 Å². The number of nitrogens with zero attached hydrogens (tertiary/aromatic N) is 1. The van der Waals surface area contributed by atoms with Crippen LogP contribution in [0.3, 0.4) is 0 Å². The highest BCUT2D eigenvalue weighted by Crippen LogP contribution is 2.23. The van der Waals surface area contributed by atoms with E-state index in [0.717, 1.165) is 17.9 Å². The van der Waals surface area contributed by atoms with Gasteiger partial charge < -0.3 is 5.73 Å². The summed E-state index contributed by atoms with van der Waals surface area (Å²) in [5.74, 6) is 1.62. The molecule has 0 fully saturated rings. The van der Waals surface area contributed by atoms with Crippen LogP contribution in [0.2, 0.25) is 0 Å². The Morgan fingerprint density at radius 3 is 2.79 bits per heavy atom. The van der Waals surface area contributed by atoms with Gasteiger partial charge in [0, 0.05) is 17.3 Å². The van der Waals surface area contributed by atoms with Gasteiger partial charge in [0.15, 0.2) is 0 Å². The van der Waals surface area contributed by atoms with Crippen LogP contribution in [-0.2, 0) is 0 Å². The Balaban J connectivity index is 2.57. The number of hydrogen-bond acceptors (Lipinski definition) is 4. The molecule has 2 nitrogen and oxygen atoms in total. The predicted octanol–water partition coefficient (Wildman–Crippen LogP) is 3.02. The number of rotatable bonds is 5. The van der Waals surface area contributed by atoms with Gasteiger partial charge in [-0.2, -0.15) is 11.8 Å². The molecule has 0 amide bonds. The third kappa shape index (κ3) is 3.26. The van der Waals surface area contributed by atoms with Crippen LogP contribution in [0.15, 0.2) is 5.38 Å². The summed E-state index contributed by atoms with van der Waals surface area (Å²) in [7, 11) is 0. The van der Waals surface area contributed by atoms with Crippen LogP contribution in [0.1, 0.15) is 42.9 Å². The molecular formula is C10H18N2S2. The van der Waals surface area contributed by atoms with Gasteiger partial charge in [0.25, 0.3) is 0 Å². The topological polar surface area (TPSA) is 38.9 Å². The normalized spacial score (nSPS) is 13.5. The number of hydrogen-bond donors (Lipinski definition) is 1. The number of aromatic nitrogens is 1. The second-order valence-corrected chi connectivity index (χ2v) is 5.53. The second kappa shape index (κ2) is 5.73. The van der Waals surface area contributed by atoms with Crippen LogP contribution >= 0.6 is 23.1 Å². The van der Waals surface area contributed by atoms with Gasteiger partial charge in [-0.25, -0.2) is 4.98 Å². The van der Waals surface area contributed by atoms with Crippen LogP contribution in [0.5, 0.6) is 0 Å². The lowest BCUT2D eigenvalue weighted by Gasteiger charge is -2.06. The SMILES string of the molecule is CSCCC(N)c1csc(C(C)C)n1. The van der Waals surface area contributed by atoms with Crippen molar-refractivity contribution in [3.63, 3.8) is 0 Å². The van der Waals surface area contributed by atoms with Crippen LogP contribution in [0, 0.1) is 0 Å². The minimum absolute atomic E-state index is 0.117. The monoisotopic (exact) mass is 230 g/mol. The maximum absolute atomic E-state index is 6.03. The molecular weight excluding hydrogens is 212 g/mol. The lowest BCUT2D eigenvalue weighted by Crippen LogP contribution is -2.11. The van der Waals surface area contributed by atoms with Crippen molar-refractivity contribution in [3.8, 4) is 0 Å². The van der Waals surface area contributed by atoms with E-state index in [0.29, 0.717) is 5.92 Å². The second-order valence-electron chi connectivity index (χ2n) is 3.65. The molecule has 14 heavy (non-hydrogen) atoms. The quantitative estimate of drug-likeness (QED) is 0.845. The molecule has 1 rings (SSSR count).